The molecule has 1 N–H and O–H groups in total. The summed E-state index contributed by atoms with van der Waals surface area (Å²) < 4.78 is 1.72. The fourth-order valence-electron chi connectivity index (χ4n) is 2.60. The number of hydrogen-bond donors (Lipinski definition) is 1. The second kappa shape index (κ2) is 10.6. The normalized spacial score (nSPS) is 12.0. The SMILES string of the molecule is CC(C)=CCC[C@H](C)N(C)CCn1cc(C(=O)NCc2ccncc2)nn1. The molecule has 1 atom stereocenters. The first kappa shape index (κ1) is 20.8. The van der Waals surface area contributed by atoms with E-state index in [0.29, 0.717) is 24.8 Å². The molecule has 0 aliphatic heterocycles. The van der Waals surface area contributed by atoms with Crippen molar-refractivity contribution >= 4 is 5.91 Å². The van der Waals surface area contributed by atoms with Gasteiger partial charge in [-0.25, -0.2) is 0 Å². The van der Waals surface area contributed by atoms with Crippen LogP contribution >= 0.6 is 0 Å². The predicted octanol–water partition coefficient (Wildman–Crippen LogP) is 2.67. The summed E-state index contributed by atoms with van der Waals surface area (Å²) in [5.74, 6) is -0.221. The van der Waals surface area contributed by atoms with E-state index in [0.717, 1.165) is 24.9 Å². The molecule has 0 spiro atoms. The Kier molecular flexibility index (Phi) is 8.13. The summed E-state index contributed by atoms with van der Waals surface area (Å²) in [5.41, 5.74) is 2.69. The Hall–Kier alpha value is -2.54. The van der Waals surface area contributed by atoms with E-state index in [4.69, 9.17) is 0 Å². The maximum Gasteiger partial charge on any atom is 0.273 e. The van der Waals surface area contributed by atoms with Gasteiger partial charge in [-0.15, -0.1) is 5.10 Å². The van der Waals surface area contributed by atoms with Crippen LogP contribution < -0.4 is 5.32 Å². The molecule has 0 fully saturated rings. The van der Waals surface area contributed by atoms with Crippen LogP contribution in [0, 0.1) is 0 Å². The van der Waals surface area contributed by atoms with Gasteiger partial charge in [0.2, 0.25) is 0 Å². The molecule has 2 aromatic heterocycles. The minimum absolute atomic E-state index is 0.221. The number of allylic oxidation sites excluding steroid dienone is 2. The predicted molar refractivity (Wildman–Crippen MR) is 106 cm³/mol. The van der Waals surface area contributed by atoms with Gasteiger partial charge in [-0.05, 0) is 58.4 Å². The van der Waals surface area contributed by atoms with Crippen molar-refractivity contribution in [3.8, 4) is 0 Å². The third kappa shape index (κ3) is 7.30. The Labute approximate surface area is 161 Å². The molecule has 0 aliphatic rings. The lowest BCUT2D eigenvalue weighted by atomic mass is 10.1. The monoisotopic (exact) mass is 370 g/mol. The summed E-state index contributed by atoms with van der Waals surface area (Å²) in [6, 6.07) is 4.23. The molecule has 0 bridgehead atoms. The number of aromatic nitrogens is 4. The summed E-state index contributed by atoms with van der Waals surface area (Å²) in [6.07, 6.45) is 9.60. The number of pyridine rings is 1. The topological polar surface area (TPSA) is 75.9 Å². The average Bonchev–Trinajstić information content (AvgIpc) is 3.13. The van der Waals surface area contributed by atoms with Crippen LogP contribution in [0.25, 0.3) is 0 Å². The molecule has 0 aromatic carbocycles. The van der Waals surface area contributed by atoms with E-state index in [-0.39, 0.29) is 5.91 Å². The highest BCUT2D eigenvalue weighted by Gasteiger charge is 2.12. The Morgan fingerprint density at radius 1 is 1.33 bits per heavy atom. The summed E-state index contributed by atoms with van der Waals surface area (Å²) in [4.78, 5) is 18.5. The van der Waals surface area contributed by atoms with Gasteiger partial charge in [-0.3, -0.25) is 14.5 Å². The molecule has 7 heteroatoms. The van der Waals surface area contributed by atoms with E-state index in [1.165, 1.54) is 5.57 Å². The van der Waals surface area contributed by atoms with Gasteiger partial charge in [0.05, 0.1) is 12.7 Å². The maximum absolute atomic E-state index is 12.2. The van der Waals surface area contributed by atoms with E-state index in [2.05, 4.69) is 59.4 Å². The zero-order chi connectivity index (χ0) is 19.6. The standard InChI is InChI=1S/C20H30N6O/c1-16(2)6-5-7-17(3)25(4)12-13-26-15-19(23-24-26)20(27)22-14-18-8-10-21-11-9-18/h6,8-11,15,17H,5,7,12-14H2,1-4H3,(H,22,27)/t17-/m0/s1. The highest BCUT2D eigenvalue weighted by Crippen LogP contribution is 2.07. The van der Waals surface area contributed by atoms with Gasteiger partial charge in [-0.1, -0.05) is 16.9 Å². The van der Waals surface area contributed by atoms with Crippen molar-refractivity contribution in [2.45, 2.75) is 52.7 Å². The molecule has 2 rings (SSSR count). The molecule has 0 radical (unpaired) electrons. The zero-order valence-electron chi connectivity index (χ0n) is 16.7. The highest BCUT2D eigenvalue weighted by atomic mass is 16.2. The molecular weight excluding hydrogens is 340 g/mol. The molecule has 1 amide bonds. The first-order chi connectivity index (χ1) is 13.0. The van der Waals surface area contributed by atoms with Gasteiger partial charge in [0, 0.05) is 31.5 Å². The van der Waals surface area contributed by atoms with E-state index in [1.54, 1.807) is 23.3 Å². The van der Waals surface area contributed by atoms with E-state index in [9.17, 15) is 4.79 Å². The Bertz CT molecular complexity index is 736. The third-order valence-corrected chi connectivity index (χ3v) is 4.54. The molecule has 7 nitrogen and oxygen atoms in total. The zero-order valence-corrected chi connectivity index (χ0v) is 16.7. The third-order valence-electron chi connectivity index (χ3n) is 4.54. The van der Waals surface area contributed by atoms with Crippen LogP contribution in [0.15, 0.2) is 42.4 Å². The summed E-state index contributed by atoms with van der Waals surface area (Å²) in [5, 5.41) is 10.9. The number of nitrogens with zero attached hydrogens (tertiary/aromatic N) is 5. The Morgan fingerprint density at radius 2 is 2.07 bits per heavy atom. The van der Waals surface area contributed by atoms with Crippen LogP contribution in [0.5, 0.6) is 0 Å². The molecule has 0 unspecified atom stereocenters. The molecule has 0 saturated heterocycles. The number of nitrogens with one attached hydrogen (secondary N) is 1. The molecule has 0 aliphatic carbocycles. The fraction of sp³-hybridized carbons (Fsp3) is 0.500. The van der Waals surface area contributed by atoms with E-state index >= 15 is 0 Å². The van der Waals surface area contributed by atoms with Gasteiger partial charge in [0.1, 0.15) is 0 Å². The fourth-order valence-corrected chi connectivity index (χ4v) is 2.60. The number of likely N-dealkylation sites (N-methyl/N-ethyl adjacent to an activating group) is 1. The van der Waals surface area contributed by atoms with Crippen LogP contribution in [0.3, 0.4) is 0 Å². The summed E-state index contributed by atoms with van der Waals surface area (Å²) in [6.45, 7) is 8.50. The molecular formula is C20H30N6O. The number of amides is 1. The summed E-state index contributed by atoms with van der Waals surface area (Å²) >= 11 is 0. The van der Waals surface area contributed by atoms with Gasteiger partial charge in [-0.2, -0.15) is 0 Å². The van der Waals surface area contributed by atoms with Gasteiger partial charge in [0.25, 0.3) is 5.91 Å². The van der Waals surface area contributed by atoms with Gasteiger partial charge < -0.3 is 10.2 Å². The van der Waals surface area contributed by atoms with Crippen molar-refractivity contribution in [1.29, 1.82) is 0 Å². The second-order valence-electron chi connectivity index (χ2n) is 7.09. The van der Waals surface area contributed by atoms with Crippen LogP contribution in [-0.2, 0) is 13.1 Å². The lowest BCUT2D eigenvalue weighted by Crippen LogP contribution is -2.32. The molecule has 0 saturated carbocycles. The minimum Gasteiger partial charge on any atom is -0.347 e. The molecule has 2 aromatic rings. The number of carbonyl (C=O) groups is 1. The van der Waals surface area contributed by atoms with Crippen molar-refractivity contribution < 1.29 is 4.79 Å². The first-order valence-corrected chi connectivity index (χ1v) is 9.36. The van der Waals surface area contributed by atoms with E-state index < -0.39 is 0 Å². The van der Waals surface area contributed by atoms with Gasteiger partial charge >= 0.3 is 0 Å². The van der Waals surface area contributed by atoms with Crippen molar-refractivity contribution in [3.05, 3.63) is 53.6 Å². The van der Waals surface area contributed by atoms with Crippen LogP contribution in [0.2, 0.25) is 0 Å². The van der Waals surface area contributed by atoms with Crippen molar-refractivity contribution in [3.63, 3.8) is 0 Å². The Morgan fingerprint density at radius 3 is 2.78 bits per heavy atom. The highest BCUT2D eigenvalue weighted by molar-refractivity contribution is 5.91. The lowest BCUT2D eigenvalue weighted by molar-refractivity contribution is 0.0946. The van der Waals surface area contributed by atoms with E-state index in [1.807, 2.05) is 12.1 Å². The second-order valence-corrected chi connectivity index (χ2v) is 7.09. The number of hydrogen-bond acceptors (Lipinski definition) is 5. The van der Waals surface area contributed by atoms with Crippen molar-refractivity contribution in [1.82, 2.24) is 30.2 Å². The molecule has 27 heavy (non-hydrogen) atoms. The quantitative estimate of drug-likeness (QED) is 0.651. The smallest absolute Gasteiger partial charge is 0.273 e. The molecule has 146 valence electrons. The van der Waals surface area contributed by atoms with Crippen LogP contribution in [0.4, 0.5) is 0 Å². The number of rotatable bonds is 10. The first-order valence-electron chi connectivity index (χ1n) is 9.36. The average molecular weight is 371 g/mol. The number of carbonyl (C=O) groups excluding carboxylic acids is 1. The maximum atomic E-state index is 12.2. The van der Waals surface area contributed by atoms with Crippen molar-refractivity contribution in [2.24, 2.45) is 0 Å². The molecule has 2 heterocycles. The Balaban J connectivity index is 1.76. The lowest BCUT2D eigenvalue weighted by Gasteiger charge is -2.24. The summed E-state index contributed by atoms with van der Waals surface area (Å²) in [7, 11) is 2.12. The van der Waals surface area contributed by atoms with Crippen LogP contribution in [-0.4, -0.2) is 50.4 Å². The largest absolute Gasteiger partial charge is 0.347 e. The van der Waals surface area contributed by atoms with Crippen LogP contribution in [0.1, 0.15) is 49.7 Å². The van der Waals surface area contributed by atoms with Crippen molar-refractivity contribution in [2.75, 3.05) is 13.6 Å². The minimum atomic E-state index is -0.221. The van der Waals surface area contributed by atoms with Gasteiger partial charge in [0.15, 0.2) is 5.69 Å².